The van der Waals surface area contributed by atoms with Crippen molar-refractivity contribution >= 4 is 10.9 Å². The molecule has 7 heteroatoms. The van der Waals surface area contributed by atoms with E-state index in [4.69, 9.17) is 0 Å². The molecule has 1 atom stereocenters. The van der Waals surface area contributed by atoms with Gasteiger partial charge in [0.2, 0.25) is 0 Å². The first-order chi connectivity index (χ1) is 15.2. The Hall–Kier alpha value is -3.16. The molecule has 0 bridgehead atoms. The number of likely N-dealkylation sites (tertiary alicyclic amines) is 1. The van der Waals surface area contributed by atoms with Gasteiger partial charge in [-0.15, -0.1) is 0 Å². The first kappa shape index (κ1) is 19.8. The molecule has 4 aromatic rings. The van der Waals surface area contributed by atoms with Gasteiger partial charge in [0.05, 0.1) is 12.1 Å². The van der Waals surface area contributed by atoms with Crippen molar-refractivity contribution in [3.63, 3.8) is 0 Å². The Bertz CT molecular complexity index is 1160. The van der Waals surface area contributed by atoms with Crippen LogP contribution in [0.25, 0.3) is 22.2 Å². The van der Waals surface area contributed by atoms with Crippen LogP contribution in [-0.2, 0) is 13.1 Å². The number of benzene rings is 1. The molecule has 1 aliphatic heterocycles. The number of aromatic amines is 1. The summed E-state index contributed by atoms with van der Waals surface area (Å²) in [6.45, 7) is 5.79. The van der Waals surface area contributed by atoms with Crippen LogP contribution in [0.3, 0.4) is 0 Å². The molecule has 0 aliphatic carbocycles. The minimum absolute atomic E-state index is 0.472. The fourth-order valence-electron chi connectivity index (χ4n) is 4.32. The molecular formula is C24H27N7. The number of aromatic nitrogens is 5. The number of rotatable bonds is 6. The molecule has 158 valence electrons. The van der Waals surface area contributed by atoms with E-state index in [0.29, 0.717) is 6.04 Å². The van der Waals surface area contributed by atoms with Crippen LogP contribution in [0.5, 0.6) is 0 Å². The van der Waals surface area contributed by atoms with Crippen molar-refractivity contribution in [3.8, 4) is 11.3 Å². The van der Waals surface area contributed by atoms with E-state index in [0.717, 1.165) is 59.9 Å². The molecular weight excluding hydrogens is 386 g/mol. The van der Waals surface area contributed by atoms with Crippen molar-refractivity contribution in [2.24, 2.45) is 0 Å². The van der Waals surface area contributed by atoms with Gasteiger partial charge in [-0.1, -0.05) is 6.07 Å². The Balaban J connectivity index is 1.26. The molecule has 0 radical (unpaired) electrons. The minimum atomic E-state index is 0.472. The van der Waals surface area contributed by atoms with Crippen LogP contribution in [0.15, 0.2) is 55.0 Å². The van der Waals surface area contributed by atoms with Gasteiger partial charge in [0, 0.05) is 54.4 Å². The van der Waals surface area contributed by atoms with E-state index in [2.05, 4.69) is 59.6 Å². The van der Waals surface area contributed by atoms with Crippen LogP contribution in [-0.4, -0.2) is 49.2 Å². The third kappa shape index (κ3) is 4.62. The molecule has 1 aliphatic rings. The number of nitrogens with one attached hydrogen (secondary N) is 2. The summed E-state index contributed by atoms with van der Waals surface area (Å²) in [7, 11) is 0. The Morgan fingerprint density at radius 2 is 2.00 bits per heavy atom. The van der Waals surface area contributed by atoms with Gasteiger partial charge in [-0.2, -0.15) is 5.10 Å². The third-order valence-electron chi connectivity index (χ3n) is 5.88. The maximum absolute atomic E-state index is 4.56. The number of hydrogen-bond donors (Lipinski definition) is 2. The monoisotopic (exact) mass is 413 g/mol. The predicted molar refractivity (Wildman–Crippen MR) is 121 cm³/mol. The average molecular weight is 414 g/mol. The summed E-state index contributed by atoms with van der Waals surface area (Å²) >= 11 is 0. The smallest absolute Gasteiger partial charge is 0.142 e. The molecule has 31 heavy (non-hydrogen) atoms. The zero-order chi connectivity index (χ0) is 21.0. The number of fused-ring (bicyclic) bond motifs is 1. The van der Waals surface area contributed by atoms with Crippen LogP contribution >= 0.6 is 0 Å². The van der Waals surface area contributed by atoms with E-state index in [1.54, 1.807) is 0 Å². The lowest BCUT2D eigenvalue weighted by Crippen LogP contribution is -2.45. The normalized spacial score (nSPS) is 17.3. The Kier molecular flexibility index (Phi) is 5.69. The lowest BCUT2D eigenvalue weighted by Gasteiger charge is -2.32. The molecule has 1 saturated heterocycles. The van der Waals surface area contributed by atoms with Crippen molar-refractivity contribution in [1.82, 2.24) is 35.4 Å². The summed E-state index contributed by atoms with van der Waals surface area (Å²) in [5.41, 5.74) is 5.39. The number of aryl methyl sites for hydroxylation is 1. The van der Waals surface area contributed by atoms with E-state index in [-0.39, 0.29) is 0 Å². The molecule has 1 aromatic carbocycles. The number of H-pyrrole nitrogens is 1. The number of piperidine rings is 1. The second-order valence-corrected chi connectivity index (χ2v) is 8.26. The maximum Gasteiger partial charge on any atom is 0.142 e. The van der Waals surface area contributed by atoms with Gasteiger partial charge in [0.1, 0.15) is 11.5 Å². The lowest BCUT2D eigenvalue weighted by molar-refractivity contribution is 0.179. The highest BCUT2D eigenvalue weighted by Crippen LogP contribution is 2.27. The molecule has 0 saturated carbocycles. The van der Waals surface area contributed by atoms with E-state index in [9.17, 15) is 0 Å². The average Bonchev–Trinajstić information content (AvgIpc) is 3.22. The summed E-state index contributed by atoms with van der Waals surface area (Å²) < 4.78 is 0. The third-order valence-corrected chi connectivity index (χ3v) is 5.88. The molecule has 2 N–H and O–H groups in total. The lowest BCUT2D eigenvalue weighted by atomic mass is 10.0. The highest BCUT2D eigenvalue weighted by atomic mass is 15.2. The van der Waals surface area contributed by atoms with Crippen molar-refractivity contribution in [2.45, 2.75) is 38.9 Å². The second kappa shape index (κ2) is 8.91. The maximum atomic E-state index is 4.56. The van der Waals surface area contributed by atoms with E-state index < -0.39 is 0 Å². The highest BCUT2D eigenvalue weighted by molar-refractivity contribution is 5.93. The molecule has 1 fully saturated rings. The Labute approximate surface area is 182 Å². The summed E-state index contributed by atoms with van der Waals surface area (Å²) in [4.78, 5) is 15.5. The minimum Gasteiger partial charge on any atom is -0.309 e. The van der Waals surface area contributed by atoms with E-state index in [1.807, 2.05) is 37.6 Å². The highest BCUT2D eigenvalue weighted by Gasteiger charge is 2.20. The standard InChI is InChI=1S/C24H27N7/c1-17-12-19(7-10-25-17)24-21-13-18(5-6-22(21)29-30-24)14-28-20-4-2-11-31(15-20)16-23-26-8-3-9-27-23/h3,5-10,12-13,20,28H,2,4,11,14-16H2,1H3,(H,29,30). The molecule has 5 rings (SSSR count). The second-order valence-electron chi connectivity index (χ2n) is 8.26. The van der Waals surface area contributed by atoms with Gasteiger partial charge in [0.15, 0.2) is 0 Å². The van der Waals surface area contributed by atoms with Crippen molar-refractivity contribution in [2.75, 3.05) is 13.1 Å². The zero-order valence-electron chi connectivity index (χ0n) is 17.8. The zero-order valence-corrected chi connectivity index (χ0v) is 17.8. The SMILES string of the molecule is Cc1cc(-c2n[nH]c3ccc(CNC4CCCN(Cc5ncccn5)C4)cc23)ccn1. The summed E-state index contributed by atoms with van der Waals surface area (Å²) in [5, 5.41) is 12.6. The molecule has 0 spiro atoms. The van der Waals surface area contributed by atoms with Gasteiger partial charge >= 0.3 is 0 Å². The predicted octanol–water partition coefficient (Wildman–Crippen LogP) is 3.48. The number of pyridine rings is 1. The summed E-state index contributed by atoms with van der Waals surface area (Å²) in [6.07, 6.45) is 7.86. The Morgan fingerprint density at radius 3 is 2.87 bits per heavy atom. The fourth-order valence-corrected chi connectivity index (χ4v) is 4.32. The summed E-state index contributed by atoms with van der Waals surface area (Å²) in [5.74, 6) is 0.896. The fraction of sp³-hybridized carbons (Fsp3) is 0.333. The van der Waals surface area contributed by atoms with Crippen molar-refractivity contribution in [1.29, 1.82) is 0 Å². The van der Waals surface area contributed by atoms with Gasteiger partial charge in [-0.05, 0) is 62.2 Å². The molecule has 0 amide bonds. The largest absolute Gasteiger partial charge is 0.309 e. The quantitative estimate of drug-likeness (QED) is 0.504. The summed E-state index contributed by atoms with van der Waals surface area (Å²) in [6, 6.07) is 13.0. The van der Waals surface area contributed by atoms with Crippen LogP contribution in [0.1, 0.15) is 29.9 Å². The molecule has 1 unspecified atom stereocenters. The van der Waals surface area contributed by atoms with Crippen molar-refractivity contribution in [3.05, 3.63) is 72.1 Å². The van der Waals surface area contributed by atoms with E-state index >= 15 is 0 Å². The van der Waals surface area contributed by atoms with Gasteiger partial charge in [-0.25, -0.2) is 9.97 Å². The van der Waals surface area contributed by atoms with Gasteiger partial charge in [-0.3, -0.25) is 15.0 Å². The Morgan fingerprint density at radius 1 is 1.10 bits per heavy atom. The van der Waals surface area contributed by atoms with Crippen LogP contribution in [0, 0.1) is 6.92 Å². The topological polar surface area (TPSA) is 82.6 Å². The first-order valence-electron chi connectivity index (χ1n) is 10.9. The van der Waals surface area contributed by atoms with Crippen LogP contribution in [0.4, 0.5) is 0 Å². The van der Waals surface area contributed by atoms with Crippen LogP contribution in [0.2, 0.25) is 0 Å². The van der Waals surface area contributed by atoms with Crippen LogP contribution < -0.4 is 5.32 Å². The molecule has 7 nitrogen and oxygen atoms in total. The number of nitrogens with zero attached hydrogens (tertiary/aromatic N) is 5. The number of hydrogen-bond acceptors (Lipinski definition) is 6. The van der Waals surface area contributed by atoms with Gasteiger partial charge < -0.3 is 5.32 Å². The molecule has 3 aromatic heterocycles. The van der Waals surface area contributed by atoms with Gasteiger partial charge in [0.25, 0.3) is 0 Å². The first-order valence-corrected chi connectivity index (χ1v) is 10.9. The van der Waals surface area contributed by atoms with E-state index in [1.165, 1.54) is 18.4 Å². The molecule has 4 heterocycles. The van der Waals surface area contributed by atoms with Crippen molar-refractivity contribution < 1.29 is 0 Å².